The predicted molar refractivity (Wildman–Crippen MR) is 262 cm³/mol. The summed E-state index contributed by atoms with van der Waals surface area (Å²) in [6.07, 6.45) is 7.07. The normalized spacial score (nSPS) is 19.4. The third-order valence-corrected chi connectivity index (χ3v) is 14.2. The second-order valence-corrected chi connectivity index (χ2v) is 18.1. The van der Waals surface area contributed by atoms with Crippen molar-refractivity contribution in [2.24, 2.45) is 0 Å². The third-order valence-electron chi connectivity index (χ3n) is 14.2. The number of allylic oxidation sites excluding steroid dienone is 1. The number of rotatable bonds is 24. The van der Waals surface area contributed by atoms with E-state index in [1.807, 2.05) is 24.3 Å². The lowest BCUT2D eigenvalue weighted by Gasteiger charge is -2.46. The Morgan fingerprint density at radius 3 is 1.64 bits per heavy atom. The molecule has 4 unspecified atom stereocenters. The van der Waals surface area contributed by atoms with Gasteiger partial charge in [-0.25, -0.2) is 4.79 Å². The molecule has 4 aromatic rings. The largest absolute Gasteiger partial charge is 0.493 e. The predicted octanol–water partition coefficient (Wildman–Crippen LogP) is 7.88. The Morgan fingerprint density at radius 1 is 0.522 bits per heavy atom. The minimum atomic E-state index is -0.545. The number of hydrogen-bond acceptors (Lipinski definition) is 13. The molecule has 0 aliphatic carbocycles. The molecular formula is C54H72N2O13+2. The summed E-state index contributed by atoms with van der Waals surface area (Å²) >= 11 is 0. The van der Waals surface area contributed by atoms with Crippen LogP contribution < -0.4 is 47.4 Å². The zero-order valence-electron chi connectivity index (χ0n) is 42.6. The topological polar surface area (TPSA) is 136 Å². The fourth-order valence-electron chi connectivity index (χ4n) is 10.4. The van der Waals surface area contributed by atoms with Gasteiger partial charge in [-0.1, -0.05) is 6.07 Å². The number of ether oxygens (including phenoxy) is 11. The molecule has 2 aliphatic rings. The van der Waals surface area contributed by atoms with E-state index in [1.165, 1.54) is 23.3 Å². The SMILES string of the molecule is COc1ccc(CC2c3c(cc(OC)c(OC)c3OC)CC[N+]2(C)CCCOC(=O)/C=C\C(=O)CCC[N+]2(C)CCc3cc(OC)c(OC)cc3C2Cc2cc(OC)c(OC)c(OC)c2)cc1OC. The Hall–Kier alpha value is -6.32. The highest BCUT2D eigenvalue weighted by molar-refractivity contribution is 5.95. The Morgan fingerprint density at radius 2 is 1.03 bits per heavy atom. The Kier molecular flexibility index (Phi) is 17.6. The van der Waals surface area contributed by atoms with Crippen LogP contribution in [0.5, 0.6) is 57.5 Å². The van der Waals surface area contributed by atoms with Crippen molar-refractivity contribution in [3.05, 3.63) is 94.1 Å². The van der Waals surface area contributed by atoms with Crippen molar-refractivity contribution in [2.75, 3.05) is 118 Å². The number of fused-ring (bicyclic) bond motifs is 2. The molecule has 0 spiro atoms. The van der Waals surface area contributed by atoms with Crippen molar-refractivity contribution >= 4 is 11.8 Å². The maximum Gasteiger partial charge on any atom is 0.330 e. The lowest BCUT2D eigenvalue weighted by molar-refractivity contribution is -0.941. The number of carbonyl (C=O) groups excluding carboxylic acids is 2. The van der Waals surface area contributed by atoms with Crippen LogP contribution in [0.1, 0.15) is 64.7 Å². The number of esters is 1. The van der Waals surface area contributed by atoms with Gasteiger partial charge in [0.05, 0.1) is 124 Å². The van der Waals surface area contributed by atoms with Gasteiger partial charge in [0.2, 0.25) is 11.5 Å². The zero-order chi connectivity index (χ0) is 49.9. The van der Waals surface area contributed by atoms with Crippen LogP contribution in [0.3, 0.4) is 0 Å². The Balaban J connectivity index is 1.10. The van der Waals surface area contributed by atoms with Gasteiger partial charge >= 0.3 is 5.97 Å². The average Bonchev–Trinajstić information content (AvgIpc) is 3.37. The lowest BCUT2D eigenvalue weighted by atomic mass is 9.85. The monoisotopic (exact) mass is 957 g/mol. The van der Waals surface area contributed by atoms with Crippen molar-refractivity contribution in [1.82, 2.24) is 0 Å². The number of methoxy groups -OCH3 is 10. The van der Waals surface area contributed by atoms with E-state index in [-0.39, 0.29) is 30.9 Å². The molecule has 15 nitrogen and oxygen atoms in total. The number of ketones is 1. The highest BCUT2D eigenvalue weighted by Gasteiger charge is 2.43. The molecule has 0 bridgehead atoms. The fourth-order valence-corrected chi connectivity index (χ4v) is 10.4. The number of quaternary nitrogens is 2. The molecule has 374 valence electrons. The number of nitrogens with zero attached hydrogens (tertiary/aromatic N) is 2. The van der Waals surface area contributed by atoms with Gasteiger partial charge in [-0.05, 0) is 70.8 Å². The number of benzene rings is 4. The van der Waals surface area contributed by atoms with E-state index in [4.69, 9.17) is 52.1 Å². The smallest absolute Gasteiger partial charge is 0.330 e. The van der Waals surface area contributed by atoms with Crippen LogP contribution in [-0.2, 0) is 40.0 Å². The van der Waals surface area contributed by atoms with E-state index in [9.17, 15) is 9.59 Å². The highest BCUT2D eigenvalue weighted by atomic mass is 16.5. The van der Waals surface area contributed by atoms with Crippen LogP contribution in [0.2, 0.25) is 0 Å². The summed E-state index contributed by atoms with van der Waals surface area (Å²) in [7, 11) is 20.8. The van der Waals surface area contributed by atoms with Crippen molar-refractivity contribution in [3.63, 3.8) is 0 Å². The van der Waals surface area contributed by atoms with E-state index in [2.05, 4.69) is 38.4 Å². The first-order valence-corrected chi connectivity index (χ1v) is 23.4. The van der Waals surface area contributed by atoms with E-state index < -0.39 is 5.97 Å². The van der Waals surface area contributed by atoms with E-state index in [0.29, 0.717) is 98.7 Å². The molecule has 4 atom stereocenters. The van der Waals surface area contributed by atoms with Gasteiger partial charge < -0.3 is 61.1 Å². The van der Waals surface area contributed by atoms with E-state index in [1.54, 1.807) is 71.1 Å². The van der Waals surface area contributed by atoms with Crippen LogP contribution in [-0.4, -0.2) is 139 Å². The van der Waals surface area contributed by atoms with Crippen LogP contribution in [0.25, 0.3) is 0 Å². The fraction of sp³-hybridized carbons (Fsp3) is 0.481. The van der Waals surface area contributed by atoms with Gasteiger partial charge in [-0.3, -0.25) is 4.79 Å². The molecule has 0 saturated carbocycles. The van der Waals surface area contributed by atoms with Crippen molar-refractivity contribution in [3.8, 4) is 57.5 Å². The van der Waals surface area contributed by atoms with Gasteiger partial charge in [0.1, 0.15) is 12.1 Å². The maximum atomic E-state index is 13.3. The van der Waals surface area contributed by atoms with Gasteiger partial charge in [-0.15, -0.1) is 0 Å². The molecule has 0 amide bonds. The number of likely N-dealkylation sites (N-methyl/N-ethyl adjacent to an activating group) is 2. The van der Waals surface area contributed by atoms with Gasteiger partial charge in [0.15, 0.2) is 51.8 Å². The van der Waals surface area contributed by atoms with Gasteiger partial charge in [-0.2, -0.15) is 0 Å². The molecule has 0 saturated heterocycles. The molecule has 2 heterocycles. The molecular weight excluding hydrogens is 885 g/mol. The summed E-state index contributed by atoms with van der Waals surface area (Å²) in [6, 6.07) is 16.2. The molecule has 15 heteroatoms. The Bertz CT molecular complexity index is 2450. The van der Waals surface area contributed by atoms with Gasteiger partial charge in [0, 0.05) is 56.6 Å². The number of carbonyl (C=O) groups is 2. The lowest BCUT2D eigenvalue weighted by Crippen LogP contribution is -2.52. The molecule has 0 aromatic heterocycles. The van der Waals surface area contributed by atoms with Crippen LogP contribution in [0.4, 0.5) is 0 Å². The summed E-state index contributed by atoms with van der Waals surface area (Å²) in [5, 5.41) is 0. The second kappa shape index (κ2) is 23.3. The summed E-state index contributed by atoms with van der Waals surface area (Å²) in [5.41, 5.74) is 6.66. The second-order valence-electron chi connectivity index (χ2n) is 18.1. The number of hydrogen-bond donors (Lipinski definition) is 0. The first kappa shape index (κ1) is 52.1. The molecule has 6 rings (SSSR count). The minimum Gasteiger partial charge on any atom is -0.493 e. The average molecular weight is 957 g/mol. The summed E-state index contributed by atoms with van der Waals surface area (Å²) in [5.74, 6) is 5.53. The first-order valence-electron chi connectivity index (χ1n) is 23.4. The summed E-state index contributed by atoms with van der Waals surface area (Å²) in [6.45, 7) is 3.34. The summed E-state index contributed by atoms with van der Waals surface area (Å²) in [4.78, 5) is 26.3. The van der Waals surface area contributed by atoms with E-state index in [0.717, 1.165) is 54.7 Å². The Labute approximate surface area is 407 Å². The quantitative estimate of drug-likeness (QED) is 0.0292. The third kappa shape index (κ3) is 11.4. The zero-order valence-corrected chi connectivity index (χ0v) is 42.6. The first-order chi connectivity index (χ1) is 33.3. The van der Waals surface area contributed by atoms with Crippen molar-refractivity contribution in [2.45, 2.75) is 57.0 Å². The molecule has 2 aliphatic heterocycles. The molecule has 4 aromatic carbocycles. The molecule has 0 fully saturated rings. The van der Waals surface area contributed by atoms with Gasteiger partial charge in [0.25, 0.3) is 0 Å². The minimum absolute atomic E-state index is 0.0100. The van der Waals surface area contributed by atoms with Crippen molar-refractivity contribution < 1.29 is 70.7 Å². The highest BCUT2D eigenvalue weighted by Crippen LogP contribution is 2.51. The van der Waals surface area contributed by atoms with Crippen LogP contribution in [0, 0.1) is 0 Å². The molecule has 0 N–H and O–H groups in total. The maximum absolute atomic E-state index is 13.3. The molecule has 0 radical (unpaired) electrons. The molecule has 69 heavy (non-hydrogen) atoms. The van der Waals surface area contributed by atoms with Crippen LogP contribution >= 0.6 is 0 Å². The summed E-state index contributed by atoms with van der Waals surface area (Å²) < 4.78 is 64.3. The van der Waals surface area contributed by atoms with Crippen molar-refractivity contribution in [1.29, 1.82) is 0 Å². The standard InChI is InChI=1S/C54H72N2O13/c1-55(24-20-37-32-45(61-5)46(62-6)34-40(37)41(55)28-36-30-47(63-7)52(66-10)48(31-36)64-8)22-13-15-39(57)17-19-50(58)69-26-14-23-56(2)25-21-38-33-49(65-9)53(67-11)54(68-12)51(38)42(56)27-35-16-18-43(59-3)44(29-35)60-4/h16-19,29-34,41-42H,13-15,20-28H2,1-12H3/q+2/b19-17-. The van der Waals surface area contributed by atoms with E-state index >= 15 is 0 Å². The van der Waals surface area contributed by atoms with Crippen LogP contribution in [0.15, 0.2) is 60.7 Å².